The minimum absolute atomic E-state index is 0.567. The second-order valence-corrected chi connectivity index (χ2v) is 4.33. The van der Waals surface area contributed by atoms with Crippen LogP contribution in [0.3, 0.4) is 0 Å². The molecule has 0 radical (unpaired) electrons. The molecular weight excluding hydrogens is 196 g/mol. The van der Waals surface area contributed by atoms with Gasteiger partial charge in [0.25, 0.3) is 0 Å². The summed E-state index contributed by atoms with van der Waals surface area (Å²) in [5.74, 6) is 1.52. The van der Waals surface area contributed by atoms with Crippen molar-refractivity contribution in [3.63, 3.8) is 0 Å². The molecule has 0 atom stereocenters. The molecule has 2 nitrogen and oxygen atoms in total. The van der Waals surface area contributed by atoms with Crippen LogP contribution in [0.1, 0.15) is 32.3 Å². The number of aromatic nitrogens is 1. The smallest absolute Gasteiger partial charge is 0.126 e. The Morgan fingerprint density at radius 2 is 2.00 bits per heavy atom. The fourth-order valence-electron chi connectivity index (χ4n) is 1.78. The Kier molecular flexibility index (Phi) is 3.09. The average Bonchev–Trinajstić information content (AvgIpc) is 2.28. The first kappa shape index (κ1) is 10.9. The first-order valence-corrected chi connectivity index (χ1v) is 5.85. The highest BCUT2D eigenvalue weighted by atomic mass is 15.0. The average molecular weight is 214 g/mol. The number of rotatable bonds is 3. The molecule has 16 heavy (non-hydrogen) atoms. The van der Waals surface area contributed by atoms with E-state index in [9.17, 15) is 0 Å². The molecule has 0 saturated carbocycles. The number of benzene rings is 1. The predicted molar refractivity (Wildman–Crippen MR) is 70.0 cm³/mol. The van der Waals surface area contributed by atoms with Crippen molar-refractivity contribution in [1.82, 2.24) is 4.98 Å². The molecule has 0 spiro atoms. The molecule has 1 heterocycles. The Balaban J connectivity index is 2.44. The van der Waals surface area contributed by atoms with Gasteiger partial charge in [-0.05, 0) is 42.7 Å². The summed E-state index contributed by atoms with van der Waals surface area (Å²) in [4.78, 5) is 4.55. The molecule has 2 heteroatoms. The number of nitrogens with one attached hydrogen (secondary N) is 1. The van der Waals surface area contributed by atoms with Crippen LogP contribution >= 0.6 is 0 Å². The van der Waals surface area contributed by atoms with E-state index in [0.717, 1.165) is 17.9 Å². The van der Waals surface area contributed by atoms with Gasteiger partial charge in [-0.25, -0.2) is 4.98 Å². The van der Waals surface area contributed by atoms with Crippen LogP contribution in [-0.2, 0) is 0 Å². The molecule has 0 bridgehead atoms. The normalized spacial score (nSPS) is 11.0. The summed E-state index contributed by atoms with van der Waals surface area (Å²) in [6, 6.07) is 10.7. The van der Waals surface area contributed by atoms with Crippen molar-refractivity contribution < 1.29 is 0 Å². The van der Waals surface area contributed by atoms with Crippen molar-refractivity contribution >= 4 is 16.7 Å². The lowest BCUT2D eigenvalue weighted by molar-refractivity contribution is 0.868. The van der Waals surface area contributed by atoms with Gasteiger partial charge in [0.05, 0.1) is 5.52 Å². The molecule has 0 aliphatic rings. The van der Waals surface area contributed by atoms with Crippen LogP contribution in [0.15, 0.2) is 30.3 Å². The van der Waals surface area contributed by atoms with Gasteiger partial charge in [-0.1, -0.05) is 19.9 Å². The molecular formula is C14H18N2. The van der Waals surface area contributed by atoms with Gasteiger partial charge >= 0.3 is 0 Å². The van der Waals surface area contributed by atoms with Crippen LogP contribution in [0, 0.1) is 0 Å². The Morgan fingerprint density at radius 3 is 2.69 bits per heavy atom. The fourth-order valence-corrected chi connectivity index (χ4v) is 1.78. The second kappa shape index (κ2) is 4.52. The first-order chi connectivity index (χ1) is 7.70. The number of anilines is 1. The molecule has 0 fully saturated rings. The van der Waals surface area contributed by atoms with E-state index in [2.05, 4.69) is 55.3 Å². The highest BCUT2D eigenvalue weighted by Gasteiger charge is 2.02. The van der Waals surface area contributed by atoms with E-state index in [0.29, 0.717) is 5.92 Å². The van der Waals surface area contributed by atoms with Crippen LogP contribution in [0.5, 0.6) is 0 Å². The minimum atomic E-state index is 0.567. The van der Waals surface area contributed by atoms with Gasteiger partial charge in [0, 0.05) is 11.9 Å². The van der Waals surface area contributed by atoms with Crippen molar-refractivity contribution in [2.24, 2.45) is 0 Å². The lowest BCUT2D eigenvalue weighted by Crippen LogP contribution is -1.98. The zero-order chi connectivity index (χ0) is 11.5. The third kappa shape index (κ3) is 2.16. The molecule has 1 aromatic heterocycles. The van der Waals surface area contributed by atoms with E-state index in [1.54, 1.807) is 0 Å². The van der Waals surface area contributed by atoms with Crippen LogP contribution in [-0.4, -0.2) is 11.5 Å². The van der Waals surface area contributed by atoms with Gasteiger partial charge < -0.3 is 5.32 Å². The summed E-state index contributed by atoms with van der Waals surface area (Å²) < 4.78 is 0. The minimum Gasteiger partial charge on any atom is -0.370 e. The van der Waals surface area contributed by atoms with Gasteiger partial charge in [0.15, 0.2) is 0 Å². The molecule has 0 amide bonds. The first-order valence-electron chi connectivity index (χ1n) is 5.85. The maximum Gasteiger partial charge on any atom is 0.126 e. The maximum absolute atomic E-state index is 4.55. The Hall–Kier alpha value is -1.57. The third-order valence-corrected chi connectivity index (χ3v) is 2.74. The zero-order valence-electron chi connectivity index (χ0n) is 10.1. The summed E-state index contributed by atoms with van der Waals surface area (Å²) >= 11 is 0. The summed E-state index contributed by atoms with van der Waals surface area (Å²) in [6.45, 7) is 7.40. The predicted octanol–water partition coefficient (Wildman–Crippen LogP) is 3.79. The lowest BCUT2D eigenvalue weighted by Gasteiger charge is -2.08. The van der Waals surface area contributed by atoms with Gasteiger partial charge in [0.1, 0.15) is 5.82 Å². The maximum atomic E-state index is 4.55. The van der Waals surface area contributed by atoms with Crippen LogP contribution in [0.25, 0.3) is 10.9 Å². The van der Waals surface area contributed by atoms with Crippen molar-refractivity contribution in [2.75, 3.05) is 11.9 Å². The Labute approximate surface area is 96.7 Å². The number of pyridine rings is 1. The highest BCUT2D eigenvalue weighted by Crippen LogP contribution is 2.21. The summed E-state index contributed by atoms with van der Waals surface area (Å²) in [6.07, 6.45) is 0. The van der Waals surface area contributed by atoms with E-state index >= 15 is 0 Å². The van der Waals surface area contributed by atoms with Gasteiger partial charge in [0.2, 0.25) is 0 Å². The fraction of sp³-hybridized carbons (Fsp3) is 0.357. The van der Waals surface area contributed by atoms with Crippen molar-refractivity contribution in [1.29, 1.82) is 0 Å². The third-order valence-electron chi connectivity index (χ3n) is 2.74. The van der Waals surface area contributed by atoms with Crippen LogP contribution in [0.4, 0.5) is 5.82 Å². The van der Waals surface area contributed by atoms with Crippen molar-refractivity contribution in [3.8, 4) is 0 Å². The molecule has 0 aliphatic carbocycles. The van der Waals surface area contributed by atoms with Gasteiger partial charge in [-0.15, -0.1) is 0 Å². The van der Waals surface area contributed by atoms with Gasteiger partial charge in [-0.2, -0.15) is 0 Å². The SMILES string of the molecule is CCNc1ccc2cc(C(C)C)ccc2n1. The molecule has 84 valence electrons. The van der Waals surface area contributed by atoms with Crippen molar-refractivity contribution in [2.45, 2.75) is 26.7 Å². The molecule has 1 N–H and O–H groups in total. The van der Waals surface area contributed by atoms with E-state index in [1.165, 1.54) is 10.9 Å². The number of hydrogen-bond donors (Lipinski definition) is 1. The molecule has 0 unspecified atom stereocenters. The number of fused-ring (bicyclic) bond motifs is 1. The van der Waals surface area contributed by atoms with Crippen LogP contribution < -0.4 is 5.32 Å². The molecule has 2 rings (SSSR count). The quantitative estimate of drug-likeness (QED) is 0.840. The summed E-state index contributed by atoms with van der Waals surface area (Å²) in [7, 11) is 0. The summed E-state index contributed by atoms with van der Waals surface area (Å²) in [5, 5.41) is 4.44. The topological polar surface area (TPSA) is 24.9 Å². The van der Waals surface area contributed by atoms with Crippen molar-refractivity contribution in [3.05, 3.63) is 35.9 Å². The Bertz CT molecular complexity index is 489. The van der Waals surface area contributed by atoms with E-state index in [1.807, 2.05) is 6.07 Å². The van der Waals surface area contributed by atoms with E-state index in [-0.39, 0.29) is 0 Å². The summed E-state index contributed by atoms with van der Waals surface area (Å²) in [5.41, 5.74) is 2.42. The monoisotopic (exact) mass is 214 g/mol. The largest absolute Gasteiger partial charge is 0.370 e. The Morgan fingerprint density at radius 1 is 1.19 bits per heavy atom. The van der Waals surface area contributed by atoms with E-state index in [4.69, 9.17) is 0 Å². The lowest BCUT2D eigenvalue weighted by atomic mass is 10.0. The number of nitrogens with zero attached hydrogens (tertiary/aromatic N) is 1. The molecule has 2 aromatic rings. The van der Waals surface area contributed by atoms with Gasteiger partial charge in [-0.3, -0.25) is 0 Å². The zero-order valence-corrected chi connectivity index (χ0v) is 10.1. The molecule has 0 aliphatic heterocycles. The molecule has 1 aromatic carbocycles. The molecule has 0 saturated heterocycles. The number of hydrogen-bond acceptors (Lipinski definition) is 2. The van der Waals surface area contributed by atoms with E-state index < -0.39 is 0 Å². The second-order valence-electron chi connectivity index (χ2n) is 4.33. The standard InChI is InChI=1S/C14H18N2/c1-4-15-14-8-6-12-9-11(10(2)3)5-7-13(12)16-14/h5-10H,4H2,1-3H3,(H,15,16). The van der Waals surface area contributed by atoms with Crippen LogP contribution in [0.2, 0.25) is 0 Å². The highest BCUT2D eigenvalue weighted by molar-refractivity contribution is 5.81.